The van der Waals surface area contributed by atoms with Crippen molar-refractivity contribution in [1.82, 2.24) is 15.2 Å². The van der Waals surface area contributed by atoms with E-state index in [0.717, 1.165) is 36.5 Å². The summed E-state index contributed by atoms with van der Waals surface area (Å²) in [6, 6.07) is -0.0889. The van der Waals surface area contributed by atoms with Gasteiger partial charge in [-0.15, -0.1) is 0 Å². The van der Waals surface area contributed by atoms with Gasteiger partial charge in [0.25, 0.3) is 0 Å². The predicted octanol–water partition coefficient (Wildman–Crippen LogP) is 0.927. The Morgan fingerprint density at radius 2 is 2.44 bits per heavy atom. The Morgan fingerprint density at radius 3 is 2.94 bits per heavy atom. The van der Waals surface area contributed by atoms with Gasteiger partial charge in [-0.1, -0.05) is 0 Å². The van der Waals surface area contributed by atoms with Gasteiger partial charge < -0.3 is 4.74 Å². The van der Waals surface area contributed by atoms with Crippen molar-refractivity contribution in [2.75, 3.05) is 6.61 Å². The molecule has 0 bridgehead atoms. The Balaban J connectivity index is 2.28. The third kappa shape index (κ3) is 2.10. The van der Waals surface area contributed by atoms with Crippen molar-refractivity contribution in [3.05, 3.63) is 29.3 Å². The molecule has 0 fully saturated rings. The average molecular weight is 222 g/mol. The van der Waals surface area contributed by atoms with Crippen LogP contribution < -0.4 is 11.3 Å². The van der Waals surface area contributed by atoms with Gasteiger partial charge in [0.1, 0.15) is 11.8 Å². The maximum Gasteiger partial charge on any atom is 0.115 e. The number of allylic oxidation sites excluding steroid dienone is 1. The molecule has 0 saturated carbocycles. The van der Waals surface area contributed by atoms with Crippen LogP contribution in [0.2, 0.25) is 0 Å². The molecule has 2 rings (SSSR count). The number of hydrogen-bond acceptors (Lipinski definition) is 4. The third-order valence-corrected chi connectivity index (χ3v) is 2.78. The minimum absolute atomic E-state index is 0.0889. The molecule has 88 valence electrons. The lowest BCUT2D eigenvalue weighted by atomic mass is 10.0. The molecule has 3 N–H and O–H groups in total. The average Bonchev–Trinajstić information content (AvgIpc) is 2.61. The number of nitrogens with two attached hydrogens (primary N) is 1. The number of nitrogens with zero attached hydrogens (tertiary/aromatic N) is 2. The Kier molecular flexibility index (Phi) is 3.26. The molecular formula is C11H18N4O. The molecule has 5 nitrogen and oxygen atoms in total. The van der Waals surface area contributed by atoms with Gasteiger partial charge in [0.2, 0.25) is 0 Å². The van der Waals surface area contributed by atoms with Crippen LogP contribution in [-0.2, 0) is 11.8 Å². The first-order valence-corrected chi connectivity index (χ1v) is 5.51. The molecule has 0 amide bonds. The van der Waals surface area contributed by atoms with E-state index in [1.807, 2.05) is 20.2 Å². The molecule has 16 heavy (non-hydrogen) atoms. The summed E-state index contributed by atoms with van der Waals surface area (Å²) in [6.45, 7) is 2.74. The quantitative estimate of drug-likeness (QED) is 0.590. The normalized spacial score (nSPS) is 17.8. The van der Waals surface area contributed by atoms with Gasteiger partial charge in [-0.3, -0.25) is 10.5 Å². The molecule has 0 aromatic carbocycles. The van der Waals surface area contributed by atoms with E-state index >= 15 is 0 Å². The number of hydrazine groups is 1. The lowest BCUT2D eigenvalue weighted by Crippen LogP contribution is -2.31. The van der Waals surface area contributed by atoms with E-state index in [2.05, 4.69) is 16.6 Å². The van der Waals surface area contributed by atoms with E-state index in [4.69, 9.17) is 10.6 Å². The second kappa shape index (κ2) is 4.67. The zero-order valence-electron chi connectivity index (χ0n) is 9.73. The predicted molar refractivity (Wildman–Crippen MR) is 61.3 cm³/mol. The fourth-order valence-electron chi connectivity index (χ4n) is 2.00. The third-order valence-electron chi connectivity index (χ3n) is 2.78. The van der Waals surface area contributed by atoms with Crippen molar-refractivity contribution < 1.29 is 4.74 Å². The van der Waals surface area contributed by atoms with Gasteiger partial charge in [0, 0.05) is 18.8 Å². The Bertz CT molecular complexity index is 397. The molecule has 1 aliphatic rings. The van der Waals surface area contributed by atoms with Crippen LogP contribution >= 0.6 is 0 Å². The van der Waals surface area contributed by atoms with Gasteiger partial charge in [0.15, 0.2) is 0 Å². The molecule has 5 heteroatoms. The number of nitrogens with one attached hydrogen (secondary N) is 1. The molecule has 1 aromatic heterocycles. The molecule has 0 spiro atoms. The first-order valence-electron chi connectivity index (χ1n) is 5.51. The second-order valence-electron chi connectivity index (χ2n) is 4.04. The Morgan fingerprint density at radius 1 is 1.62 bits per heavy atom. The topological polar surface area (TPSA) is 65.1 Å². The van der Waals surface area contributed by atoms with Gasteiger partial charge in [-0.05, 0) is 25.8 Å². The van der Waals surface area contributed by atoms with Crippen LogP contribution in [0.15, 0.2) is 18.0 Å². The fourth-order valence-corrected chi connectivity index (χ4v) is 2.00. The summed E-state index contributed by atoms with van der Waals surface area (Å²) in [5.74, 6) is 6.51. The molecule has 2 heterocycles. The highest BCUT2D eigenvalue weighted by atomic mass is 16.5. The standard InChI is InChI=1S/C11H18N4O/c1-8-9(7-15(2)14-8)11(13-12)10-5-3-4-6-16-10/h5,7,11,13H,3-4,6,12H2,1-2H3. The summed E-state index contributed by atoms with van der Waals surface area (Å²) in [5.41, 5.74) is 4.84. The molecule has 1 aromatic rings. The zero-order chi connectivity index (χ0) is 11.5. The van der Waals surface area contributed by atoms with Crippen molar-refractivity contribution in [3.63, 3.8) is 0 Å². The minimum atomic E-state index is -0.0889. The maximum absolute atomic E-state index is 5.63. The molecule has 0 saturated heterocycles. The van der Waals surface area contributed by atoms with Crippen molar-refractivity contribution in [1.29, 1.82) is 0 Å². The van der Waals surface area contributed by atoms with Crippen molar-refractivity contribution in [2.45, 2.75) is 25.8 Å². The van der Waals surface area contributed by atoms with Gasteiger partial charge >= 0.3 is 0 Å². The Hall–Kier alpha value is -1.33. The van der Waals surface area contributed by atoms with Crippen LogP contribution in [0.25, 0.3) is 0 Å². The van der Waals surface area contributed by atoms with Crippen LogP contribution in [-0.4, -0.2) is 16.4 Å². The van der Waals surface area contributed by atoms with Crippen molar-refractivity contribution in [3.8, 4) is 0 Å². The SMILES string of the molecule is Cc1nn(C)cc1C(NN)C1=CCCCO1. The zero-order valence-corrected chi connectivity index (χ0v) is 9.73. The molecular weight excluding hydrogens is 204 g/mol. The highest BCUT2D eigenvalue weighted by Gasteiger charge is 2.22. The number of rotatable bonds is 3. The van der Waals surface area contributed by atoms with Crippen molar-refractivity contribution >= 4 is 0 Å². The van der Waals surface area contributed by atoms with E-state index < -0.39 is 0 Å². The highest BCUT2D eigenvalue weighted by Crippen LogP contribution is 2.26. The summed E-state index contributed by atoms with van der Waals surface area (Å²) >= 11 is 0. The lowest BCUT2D eigenvalue weighted by molar-refractivity contribution is 0.167. The number of aryl methyl sites for hydroxylation is 2. The van der Waals surface area contributed by atoms with E-state index in [0.29, 0.717) is 0 Å². The summed E-state index contributed by atoms with van der Waals surface area (Å²) < 4.78 is 7.42. The van der Waals surface area contributed by atoms with Crippen LogP contribution in [0, 0.1) is 6.92 Å². The molecule has 1 atom stereocenters. The Labute approximate surface area is 95.2 Å². The molecule has 1 aliphatic heterocycles. The number of hydrogen-bond donors (Lipinski definition) is 2. The summed E-state index contributed by atoms with van der Waals surface area (Å²) in [4.78, 5) is 0. The number of ether oxygens (including phenoxy) is 1. The molecule has 0 radical (unpaired) electrons. The van der Waals surface area contributed by atoms with Gasteiger partial charge in [0.05, 0.1) is 12.3 Å². The summed E-state index contributed by atoms with van der Waals surface area (Å²) in [6.07, 6.45) is 6.19. The first-order chi connectivity index (χ1) is 7.72. The van der Waals surface area contributed by atoms with Crippen LogP contribution in [0.3, 0.4) is 0 Å². The van der Waals surface area contributed by atoms with Crippen LogP contribution in [0.5, 0.6) is 0 Å². The summed E-state index contributed by atoms with van der Waals surface area (Å²) in [7, 11) is 1.90. The van der Waals surface area contributed by atoms with Gasteiger partial charge in [-0.2, -0.15) is 5.10 Å². The first kappa shape index (κ1) is 11.2. The maximum atomic E-state index is 5.63. The summed E-state index contributed by atoms with van der Waals surface area (Å²) in [5, 5.41) is 4.31. The second-order valence-corrected chi connectivity index (χ2v) is 4.04. The van der Waals surface area contributed by atoms with E-state index in [-0.39, 0.29) is 6.04 Å². The largest absolute Gasteiger partial charge is 0.496 e. The molecule has 0 aliphatic carbocycles. The highest BCUT2D eigenvalue weighted by molar-refractivity contribution is 5.27. The smallest absolute Gasteiger partial charge is 0.115 e. The number of aromatic nitrogens is 2. The van der Waals surface area contributed by atoms with E-state index in [1.165, 1.54) is 0 Å². The van der Waals surface area contributed by atoms with Gasteiger partial charge in [-0.25, -0.2) is 5.43 Å². The van der Waals surface area contributed by atoms with E-state index in [1.54, 1.807) is 4.68 Å². The lowest BCUT2D eigenvalue weighted by Gasteiger charge is -2.22. The van der Waals surface area contributed by atoms with Crippen LogP contribution in [0.4, 0.5) is 0 Å². The molecule has 1 unspecified atom stereocenters. The monoisotopic (exact) mass is 222 g/mol. The van der Waals surface area contributed by atoms with E-state index in [9.17, 15) is 0 Å². The van der Waals surface area contributed by atoms with Crippen LogP contribution in [0.1, 0.15) is 30.1 Å². The van der Waals surface area contributed by atoms with Crippen molar-refractivity contribution in [2.24, 2.45) is 12.9 Å². The minimum Gasteiger partial charge on any atom is -0.496 e. The fraction of sp³-hybridized carbons (Fsp3) is 0.545.